The predicted molar refractivity (Wildman–Crippen MR) is 222 cm³/mol. The Balaban J connectivity index is 2.36. The molecule has 3 N–H and O–H groups in total. The van der Waals surface area contributed by atoms with Gasteiger partial charge in [0.2, 0.25) is 0 Å². The van der Waals surface area contributed by atoms with Gasteiger partial charge in [0.1, 0.15) is 12.2 Å². The quantitative estimate of drug-likeness (QED) is 0.0181. The summed E-state index contributed by atoms with van der Waals surface area (Å²) < 4.78 is 33.4. The van der Waals surface area contributed by atoms with E-state index in [0.29, 0.717) is 25.9 Å². The molecule has 0 aromatic rings. The molecular weight excluding hydrogens is 719 g/mol. The number of aliphatic hydroxyl groups is 2. The van der Waals surface area contributed by atoms with Crippen LogP contribution in [0, 0.1) is 5.92 Å². The number of phosphoric acid groups is 1. The molecule has 0 radical (unpaired) electrons. The van der Waals surface area contributed by atoms with E-state index in [9.17, 15) is 24.2 Å². The molecular formula is C44H77O10P. The van der Waals surface area contributed by atoms with Crippen molar-refractivity contribution in [3.8, 4) is 0 Å². The number of unbranched alkanes of at least 4 members (excludes halogenated alkanes) is 19. The van der Waals surface area contributed by atoms with Crippen LogP contribution >= 0.6 is 7.82 Å². The summed E-state index contributed by atoms with van der Waals surface area (Å²) in [5, 5.41) is 18.4. The lowest BCUT2D eigenvalue weighted by Gasteiger charge is -2.20. The van der Waals surface area contributed by atoms with Gasteiger partial charge in [0.15, 0.2) is 5.78 Å². The van der Waals surface area contributed by atoms with E-state index in [1.54, 1.807) is 6.08 Å². The van der Waals surface area contributed by atoms with Crippen molar-refractivity contribution in [1.29, 1.82) is 0 Å². The van der Waals surface area contributed by atoms with Crippen molar-refractivity contribution in [2.24, 2.45) is 5.92 Å². The highest BCUT2D eigenvalue weighted by molar-refractivity contribution is 7.47. The fourth-order valence-corrected chi connectivity index (χ4v) is 7.07. The summed E-state index contributed by atoms with van der Waals surface area (Å²) in [4.78, 5) is 35.0. The van der Waals surface area contributed by atoms with Crippen molar-refractivity contribution in [3.63, 3.8) is 0 Å². The van der Waals surface area contributed by atoms with Crippen molar-refractivity contribution >= 4 is 19.6 Å². The standard InChI is InChI=1S/C44H77O10P/c1-3-5-7-9-11-12-13-14-15-16-17-18-19-20-24-28-34-51-37-41(38-53-55(49,50)52-36-40(46)35-45)54-44(48)31-27-23-22-25-29-39-32-33-43(47)42(39)30-26-21-10-8-6-4-2/h21-22,25-26,30,32-33,39-41,45-46H,3-20,23-24,27-29,31,34-38H2,1-2H3,(H,49,50)/b25-22-,26-21+,42-30+/t39-,40+,41-/m0/s1. The number of hydrogen-bond donors (Lipinski definition) is 3. The average molecular weight is 797 g/mol. The van der Waals surface area contributed by atoms with E-state index in [0.717, 1.165) is 37.7 Å². The maximum absolute atomic E-state index is 12.7. The van der Waals surface area contributed by atoms with E-state index in [4.69, 9.17) is 23.6 Å². The fraction of sp³-hybridized carbons (Fsp3) is 0.773. The van der Waals surface area contributed by atoms with Crippen molar-refractivity contribution in [2.45, 2.75) is 180 Å². The van der Waals surface area contributed by atoms with Gasteiger partial charge >= 0.3 is 13.8 Å². The zero-order valence-electron chi connectivity index (χ0n) is 34.4. The first-order valence-electron chi connectivity index (χ1n) is 21.6. The van der Waals surface area contributed by atoms with E-state index in [-0.39, 0.29) is 24.7 Å². The number of rotatable bonds is 38. The Bertz CT molecular complexity index is 1130. The first-order valence-corrected chi connectivity index (χ1v) is 23.1. The average Bonchev–Trinajstić information content (AvgIpc) is 3.52. The molecule has 318 valence electrons. The van der Waals surface area contributed by atoms with E-state index in [1.807, 2.05) is 30.4 Å². The molecule has 0 heterocycles. The van der Waals surface area contributed by atoms with Gasteiger partial charge in [0, 0.05) is 24.5 Å². The molecule has 1 aliphatic carbocycles. The van der Waals surface area contributed by atoms with Gasteiger partial charge in [-0.15, -0.1) is 0 Å². The van der Waals surface area contributed by atoms with Crippen LogP contribution in [0.2, 0.25) is 0 Å². The van der Waals surface area contributed by atoms with Crippen LogP contribution in [0.4, 0.5) is 0 Å². The SMILES string of the molecule is CCCCC/C=C/C=C1/C(=O)C=C[C@@H]1C/C=C\CCCC(=O)O[C@@H](COCCCCCCCCCCCCCCCCCC)COP(=O)(O)OC[C@H](O)CO. The zero-order valence-corrected chi connectivity index (χ0v) is 35.3. The highest BCUT2D eigenvalue weighted by atomic mass is 31.2. The molecule has 0 amide bonds. The molecule has 55 heavy (non-hydrogen) atoms. The van der Waals surface area contributed by atoms with Crippen LogP contribution in [0.25, 0.3) is 0 Å². The molecule has 0 saturated carbocycles. The van der Waals surface area contributed by atoms with Crippen molar-refractivity contribution in [3.05, 3.63) is 48.1 Å². The molecule has 0 fully saturated rings. The Morgan fingerprint density at radius 2 is 1.33 bits per heavy atom. The number of ether oxygens (including phenoxy) is 2. The largest absolute Gasteiger partial charge is 0.472 e. The van der Waals surface area contributed by atoms with Crippen LogP contribution in [-0.4, -0.2) is 72.1 Å². The summed E-state index contributed by atoms with van der Waals surface area (Å²) in [6.07, 6.45) is 38.5. The third kappa shape index (κ3) is 29.9. The van der Waals surface area contributed by atoms with Gasteiger partial charge in [-0.3, -0.25) is 18.6 Å². The lowest BCUT2D eigenvalue weighted by Crippen LogP contribution is -2.29. The maximum Gasteiger partial charge on any atom is 0.472 e. The first kappa shape index (κ1) is 51.1. The van der Waals surface area contributed by atoms with Crippen molar-refractivity contribution in [1.82, 2.24) is 0 Å². The normalized spacial score (nSPS) is 17.5. The van der Waals surface area contributed by atoms with Crippen LogP contribution in [0.1, 0.15) is 168 Å². The second-order valence-electron chi connectivity index (χ2n) is 14.9. The predicted octanol–water partition coefficient (Wildman–Crippen LogP) is 10.6. The summed E-state index contributed by atoms with van der Waals surface area (Å²) in [6.45, 7) is 3.27. The Labute approximate surface area is 333 Å². The minimum Gasteiger partial charge on any atom is -0.457 e. The topological polar surface area (TPSA) is 149 Å². The molecule has 0 aliphatic heterocycles. The molecule has 0 spiro atoms. The van der Waals surface area contributed by atoms with E-state index >= 15 is 0 Å². The smallest absolute Gasteiger partial charge is 0.457 e. The lowest BCUT2D eigenvalue weighted by atomic mass is 9.97. The number of hydrogen-bond acceptors (Lipinski definition) is 9. The molecule has 0 aromatic heterocycles. The van der Waals surface area contributed by atoms with Gasteiger partial charge in [0.25, 0.3) is 0 Å². The molecule has 10 nitrogen and oxygen atoms in total. The third-order valence-corrected chi connectivity index (χ3v) is 10.6. The molecule has 1 aliphatic rings. The molecule has 0 saturated heterocycles. The maximum atomic E-state index is 12.7. The van der Waals surface area contributed by atoms with Crippen LogP contribution in [0.3, 0.4) is 0 Å². The number of phosphoric ester groups is 1. The summed E-state index contributed by atoms with van der Waals surface area (Å²) in [6, 6.07) is 0. The molecule has 0 bridgehead atoms. The van der Waals surface area contributed by atoms with E-state index < -0.39 is 45.8 Å². The minimum atomic E-state index is -4.56. The van der Waals surface area contributed by atoms with Gasteiger partial charge in [-0.05, 0) is 44.6 Å². The highest BCUT2D eigenvalue weighted by Gasteiger charge is 2.26. The number of ketones is 1. The van der Waals surface area contributed by atoms with Crippen molar-refractivity contribution < 1.29 is 47.8 Å². The number of carbonyl (C=O) groups is 2. The molecule has 11 heteroatoms. The Kier molecular flexibility index (Phi) is 32.8. The van der Waals surface area contributed by atoms with Gasteiger partial charge in [0.05, 0.1) is 26.4 Å². The summed E-state index contributed by atoms with van der Waals surface area (Å²) in [7, 11) is -4.56. The van der Waals surface area contributed by atoms with Gasteiger partial charge < -0.3 is 24.6 Å². The Morgan fingerprint density at radius 3 is 1.95 bits per heavy atom. The van der Waals surface area contributed by atoms with Gasteiger partial charge in [-0.25, -0.2) is 4.57 Å². The minimum absolute atomic E-state index is 0.00105. The van der Waals surface area contributed by atoms with E-state index in [1.165, 1.54) is 96.3 Å². The van der Waals surface area contributed by atoms with Gasteiger partial charge in [-0.2, -0.15) is 0 Å². The first-order chi connectivity index (χ1) is 26.7. The number of aliphatic hydroxyl groups excluding tert-OH is 2. The van der Waals surface area contributed by atoms with Crippen LogP contribution in [-0.2, 0) is 32.7 Å². The Hall–Kier alpha value is -1.91. The molecule has 0 aromatic carbocycles. The van der Waals surface area contributed by atoms with Crippen LogP contribution in [0.5, 0.6) is 0 Å². The van der Waals surface area contributed by atoms with Crippen LogP contribution < -0.4 is 0 Å². The molecule has 1 unspecified atom stereocenters. The summed E-state index contributed by atoms with van der Waals surface area (Å²) in [5.41, 5.74) is 0.799. The number of allylic oxidation sites excluding steroid dienone is 8. The second-order valence-corrected chi connectivity index (χ2v) is 16.3. The molecule has 1 rings (SSSR count). The van der Waals surface area contributed by atoms with Crippen LogP contribution in [0.15, 0.2) is 48.1 Å². The van der Waals surface area contributed by atoms with Crippen molar-refractivity contribution in [2.75, 3.05) is 33.0 Å². The zero-order chi connectivity index (χ0) is 40.2. The number of carbonyl (C=O) groups excluding carboxylic acids is 2. The third-order valence-electron chi connectivity index (χ3n) is 9.67. The fourth-order valence-electron chi connectivity index (χ4n) is 6.28. The molecule has 4 atom stereocenters. The Morgan fingerprint density at radius 1 is 0.764 bits per heavy atom. The lowest BCUT2D eigenvalue weighted by molar-refractivity contribution is -0.154. The summed E-state index contributed by atoms with van der Waals surface area (Å²) in [5.74, 6) is -0.371. The second kappa shape index (κ2) is 35.3. The van der Waals surface area contributed by atoms with E-state index in [2.05, 4.69) is 19.9 Å². The monoisotopic (exact) mass is 797 g/mol. The summed E-state index contributed by atoms with van der Waals surface area (Å²) >= 11 is 0. The number of esters is 1. The highest BCUT2D eigenvalue weighted by Crippen LogP contribution is 2.43. The van der Waals surface area contributed by atoms with Gasteiger partial charge in [-0.1, -0.05) is 159 Å².